The molecule has 3 aromatic rings. The predicted octanol–water partition coefficient (Wildman–Crippen LogP) is 3.21. The standard InChI is InChI=1S/C19H17NO5/c1-12(19(22)20-14-4-3-5-15(10-14)23-2)24-16-8-6-13-7-9-18(21)25-17(13)11-16/h3-12H,1-2H3,(H,20,22)/t12-/m1/s1. The van der Waals surface area contributed by atoms with Gasteiger partial charge in [0.25, 0.3) is 5.91 Å². The number of hydrogen-bond donors (Lipinski definition) is 1. The van der Waals surface area contributed by atoms with Crippen LogP contribution in [0.3, 0.4) is 0 Å². The largest absolute Gasteiger partial charge is 0.497 e. The highest BCUT2D eigenvalue weighted by Crippen LogP contribution is 2.21. The van der Waals surface area contributed by atoms with Crippen LogP contribution in [-0.2, 0) is 4.79 Å². The molecule has 0 radical (unpaired) electrons. The Labute approximate surface area is 144 Å². The average molecular weight is 339 g/mol. The van der Waals surface area contributed by atoms with Crippen molar-refractivity contribution in [1.82, 2.24) is 0 Å². The Kier molecular flexibility index (Phi) is 4.70. The lowest BCUT2D eigenvalue weighted by atomic mass is 10.2. The molecule has 0 spiro atoms. The summed E-state index contributed by atoms with van der Waals surface area (Å²) in [6.07, 6.45) is -0.737. The number of carbonyl (C=O) groups excluding carboxylic acids is 1. The van der Waals surface area contributed by atoms with Crippen molar-refractivity contribution in [2.75, 3.05) is 12.4 Å². The predicted molar refractivity (Wildman–Crippen MR) is 94.2 cm³/mol. The summed E-state index contributed by atoms with van der Waals surface area (Å²) >= 11 is 0. The van der Waals surface area contributed by atoms with E-state index in [4.69, 9.17) is 13.9 Å². The van der Waals surface area contributed by atoms with Crippen LogP contribution >= 0.6 is 0 Å². The summed E-state index contributed by atoms with van der Waals surface area (Å²) in [5.41, 5.74) is 0.586. The van der Waals surface area contributed by atoms with Crippen molar-refractivity contribution in [2.24, 2.45) is 0 Å². The molecule has 0 saturated heterocycles. The number of nitrogens with one attached hydrogen (secondary N) is 1. The maximum Gasteiger partial charge on any atom is 0.336 e. The van der Waals surface area contributed by atoms with Crippen LogP contribution in [-0.4, -0.2) is 19.1 Å². The molecule has 25 heavy (non-hydrogen) atoms. The maximum atomic E-state index is 12.3. The average Bonchev–Trinajstić information content (AvgIpc) is 2.61. The summed E-state index contributed by atoms with van der Waals surface area (Å²) < 4.78 is 15.9. The minimum atomic E-state index is -0.737. The van der Waals surface area contributed by atoms with Crippen molar-refractivity contribution in [3.05, 3.63) is 65.0 Å². The van der Waals surface area contributed by atoms with Crippen molar-refractivity contribution in [1.29, 1.82) is 0 Å². The summed E-state index contributed by atoms with van der Waals surface area (Å²) in [4.78, 5) is 23.6. The first kappa shape index (κ1) is 16.6. The first-order chi connectivity index (χ1) is 12.0. The fourth-order valence-electron chi connectivity index (χ4n) is 2.32. The Morgan fingerprint density at radius 3 is 2.68 bits per heavy atom. The molecule has 0 aliphatic carbocycles. The SMILES string of the molecule is COc1cccc(NC(=O)[C@@H](C)Oc2ccc3ccc(=O)oc3c2)c1. The zero-order valence-electron chi connectivity index (χ0n) is 13.8. The topological polar surface area (TPSA) is 77.8 Å². The number of benzene rings is 2. The van der Waals surface area contributed by atoms with Gasteiger partial charge in [-0.3, -0.25) is 4.79 Å². The van der Waals surface area contributed by atoms with Crippen LogP contribution in [0.1, 0.15) is 6.92 Å². The van der Waals surface area contributed by atoms with Gasteiger partial charge >= 0.3 is 5.63 Å². The lowest BCUT2D eigenvalue weighted by Gasteiger charge is -2.15. The van der Waals surface area contributed by atoms with Gasteiger partial charge < -0.3 is 19.2 Å². The molecular weight excluding hydrogens is 322 g/mol. The Morgan fingerprint density at radius 2 is 1.88 bits per heavy atom. The maximum absolute atomic E-state index is 12.3. The van der Waals surface area contributed by atoms with Crippen molar-refractivity contribution in [2.45, 2.75) is 13.0 Å². The smallest absolute Gasteiger partial charge is 0.336 e. The summed E-state index contributed by atoms with van der Waals surface area (Å²) in [5.74, 6) is 0.786. The Hall–Kier alpha value is -3.28. The van der Waals surface area contributed by atoms with Gasteiger partial charge in [-0.2, -0.15) is 0 Å². The van der Waals surface area contributed by atoms with Crippen LogP contribution in [0, 0.1) is 0 Å². The molecule has 1 aromatic heterocycles. The lowest BCUT2D eigenvalue weighted by Crippen LogP contribution is -2.30. The molecule has 6 heteroatoms. The third-order valence-corrected chi connectivity index (χ3v) is 3.61. The number of methoxy groups -OCH3 is 1. The van der Waals surface area contributed by atoms with Crippen LogP contribution in [0.5, 0.6) is 11.5 Å². The van der Waals surface area contributed by atoms with Gasteiger partial charge in [-0.1, -0.05) is 6.07 Å². The third kappa shape index (κ3) is 3.98. The number of rotatable bonds is 5. The zero-order chi connectivity index (χ0) is 17.8. The molecule has 1 amide bonds. The minimum absolute atomic E-state index is 0.303. The van der Waals surface area contributed by atoms with E-state index in [2.05, 4.69) is 5.32 Å². The number of amides is 1. The fraction of sp³-hybridized carbons (Fsp3) is 0.158. The van der Waals surface area contributed by atoms with E-state index < -0.39 is 11.7 Å². The monoisotopic (exact) mass is 339 g/mol. The van der Waals surface area contributed by atoms with Gasteiger partial charge in [-0.15, -0.1) is 0 Å². The second kappa shape index (κ2) is 7.09. The van der Waals surface area contributed by atoms with Gasteiger partial charge in [0.05, 0.1) is 7.11 Å². The molecule has 2 aromatic carbocycles. The summed E-state index contributed by atoms with van der Waals surface area (Å²) in [7, 11) is 1.56. The molecule has 0 aliphatic heterocycles. The van der Waals surface area contributed by atoms with E-state index in [1.165, 1.54) is 6.07 Å². The van der Waals surface area contributed by atoms with E-state index in [9.17, 15) is 9.59 Å². The molecule has 0 fully saturated rings. The van der Waals surface area contributed by atoms with Crippen LogP contribution in [0.2, 0.25) is 0 Å². The van der Waals surface area contributed by atoms with Gasteiger partial charge in [0, 0.05) is 29.3 Å². The highest BCUT2D eigenvalue weighted by molar-refractivity contribution is 5.94. The van der Waals surface area contributed by atoms with Crippen molar-refractivity contribution < 1.29 is 18.7 Å². The van der Waals surface area contributed by atoms with Gasteiger partial charge in [0.15, 0.2) is 6.10 Å². The van der Waals surface area contributed by atoms with E-state index in [-0.39, 0.29) is 5.91 Å². The molecule has 0 unspecified atom stereocenters. The number of anilines is 1. The Bertz CT molecular complexity index is 963. The van der Waals surface area contributed by atoms with E-state index in [1.54, 1.807) is 62.6 Å². The highest BCUT2D eigenvalue weighted by atomic mass is 16.5. The number of carbonyl (C=O) groups is 1. The number of fused-ring (bicyclic) bond motifs is 1. The quantitative estimate of drug-likeness (QED) is 0.722. The van der Waals surface area contributed by atoms with Crippen molar-refractivity contribution in [3.63, 3.8) is 0 Å². The third-order valence-electron chi connectivity index (χ3n) is 3.61. The van der Waals surface area contributed by atoms with E-state index in [0.29, 0.717) is 22.8 Å². The summed E-state index contributed by atoms with van der Waals surface area (Å²) in [5, 5.41) is 3.54. The molecule has 3 rings (SSSR count). The fourth-order valence-corrected chi connectivity index (χ4v) is 2.32. The number of hydrogen-bond acceptors (Lipinski definition) is 5. The normalized spacial score (nSPS) is 11.8. The van der Waals surface area contributed by atoms with Crippen LogP contribution in [0.4, 0.5) is 5.69 Å². The van der Waals surface area contributed by atoms with E-state index in [0.717, 1.165) is 5.39 Å². The molecular formula is C19H17NO5. The van der Waals surface area contributed by atoms with Gasteiger partial charge in [-0.05, 0) is 37.3 Å². The van der Waals surface area contributed by atoms with Gasteiger partial charge in [-0.25, -0.2) is 4.79 Å². The van der Waals surface area contributed by atoms with Crippen LogP contribution in [0.15, 0.2) is 63.8 Å². The highest BCUT2D eigenvalue weighted by Gasteiger charge is 2.15. The van der Waals surface area contributed by atoms with E-state index in [1.807, 2.05) is 0 Å². The molecule has 0 bridgehead atoms. The van der Waals surface area contributed by atoms with Gasteiger partial charge in [0.2, 0.25) is 0 Å². The Morgan fingerprint density at radius 1 is 1.08 bits per heavy atom. The lowest BCUT2D eigenvalue weighted by molar-refractivity contribution is -0.122. The molecule has 0 saturated carbocycles. The van der Waals surface area contributed by atoms with Crippen LogP contribution in [0.25, 0.3) is 11.0 Å². The second-order valence-corrected chi connectivity index (χ2v) is 5.44. The molecule has 1 atom stereocenters. The molecule has 0 aliphatic rings. The van der Waals surface area contributed by atoms with Crippen LogP contribution < -0.4 is 20.4 Å². The van der Waals surface area contributed by atoms with Gasteiger partial charge in [0.1, 0.15) is 17.1 Å². The molecule has 1 heterocycles. The minimum Gasteiger partial charge on any atom is -0.497 e. The first-order valence-electron chi connectivity index (χ1n) is 7.70. The first-order valence-corrected chi connectivity index (χ1v) is 7.70. The Balaban J connectivity index is 1.71. The summed E-state index contributed by atoms with van der Waals surface area (Å²) in [6, 6.07) is 15.2. The summed E-state index contributed by atoms with van der Waals surface area (Å²) in [6.45, 7) is 1.64. The molecule has 128 valence electrons. The zero-order valence-corrected chi connectivity index (χ0v) is 13.8. The number of ether oxygens (including phenoxy) is 2. The molecule has 6 nitrogen and oxygen atoms in total. The second-order valence-electron chi connectivity index (χ2n) is 5.44. The van der Waals surface area contributed by atoms with Crippen molar-refractivity contribution >= 4 is 22.6 Å². The van der Waals surface area contributed by atoms with Crippen molar-refractivity contribution in [3.8, 4) is 11.5 Å². The van der Waals surface area contributed by atoms with E-state index >= 15 is 0 Å². The molecule has 1 N–H and O–H groups in total.